The highest BCUT2D eigenvalue weighted by Gasteiger charge is 2.22. The van der Waals surface area contributed by atoms with Crippen LogP contribution in [0.2, 0.25) is 0 Å². The minimum absolute atomic E-state index is 0.472. The van der Waals surface area contributed by atoms with Gasteiger partial charge < -0.3 is 4.90 Å². The molecule has 0 atom stereocenters. The van der Waals surface area contributed by atoms with E-state index in [0.717, 1.165) is 35.6 Å². The zero-order valence-corrected chi connectivity index (χ0v) is 16.2. The topological polar surface area (TPSA) is 34.0 Å². The standard InChI is InChI=1S/C23H26N4/c1-3-26(4-2)19-14-11-18(12-15-19)13-16-22-25-21-10-7-17-24-23(21)27(22)20-8-5-6-9-20/h7,10-12,14-15,17,20H,3-6,8-9H2,1-2H3. The van der Waals surface area contributed by atoms with Crippen LogP contribution in [-0.4, -0.2) is 27.6 Å². The van der Waals surface area contributed by atoms with E-state index in [1.165, 1.54) is 31.4 Å². The van der Waals surface area contributed by atoms with E-state index >= 15 is 0 Å². The summed E-state index contributed by atoms with van der Waals surface area (Å²) in [5.74, 6) is 7.47. The van der Waals surface area contributed by atoms with Gasteiger partial charge in [0, 0.05) is 36.6 Å². The fraction of sp³-hybridized carbons (Fsp3) is 0.391. The highest BCUT2D eigenvalue weighted by Crippen LogP contribution is 2.32. The molecule has 0 saturated heterocycles. The molecule has 0 N–H and O–H groups in total. The molecule has 1 fully saturated rings. The lowest BCUT2D eigenvalue weighted by Crippen LogP contribution is -2.21. The first-order valence-electron chi connectivity index (χ1n) is 10.00. The van der Waals surface area contributed by atoms with E-state index in [9.17, 15) is 0 Å². The van der Waals surface area contributed by atoms with Gasteiger partial charge in [0.25, 0.3) is 0 Å². The first kappa shape index (κ1) is 17.6. The Morgan fingerprint density at radius 2 is 1.78 bits per heavy atom. The van der Waals surface area contributed by atoms with Crippen LogP contribution in [0.5, 0.6) is 0 Å². The lowest BCUT2D eigenvalue weighted by molar-refractivity contribution is 0.524. The minimum atomic E-state index is 0.472. The minimum Gasteiger partial charge on any atom is -0.372 e. The average Bonchev–Trinajstić information content (AvgIpc) is 3.35. The Balaban J connectivity index is 1.67. The Hall–Kier alpha value is -2.80. The lowest BCUT2D eigenvalue weighted by Gasteiger charge is -2.20. The summed E-state index contributed by atoms with van der Waals surface area (Å²) in [7, 11) is 0. The summed E-state index contributed by atoms with van der Waals surface area (Å²) >= 11 is 0. The zero-order valence-electron chi connectivity index (χ0n) is 16.2. The van der Waals surface area contributed by atoms with Gasteiger partial charge in [0.05, 0.1) is 0 Å². The van der Waals surface area contributed by atoms with Crippen molar-refractivity contribution in [2.24, 2.45) is 0 Å². The monoisotopic (exact) mass is 358 g/mol. The molecule has 1 saturated carbocycles. The quantitative estimate of drug-likeness (QED) is 0.629. The largest absolute Gasteiger partial charge is 0.372 e. The van der Waals surface area contributed by atoms with E-state index in [2.05, 4.69) is 64.4 Å². The van der Waals surface area contributed by atoms with E-state index in [0.29, 0.717) is 6.04 Å². The molecular formula is C23H26N4. The maximum atomic E-state index is 4.76. The van der Waals surface area contributed by atoms with Gasteiger partial charge in [-0.15, -0.1) is 0 Å². The molecule has 0 bridgehead atoms. The van der Waals surface area contributed by atoms with E-state index < -0.39 is 0 Å². The number of aromatic nitrogens is 3. The number of nitrogens with zero attached hydrogens (tertiary/aromatic N) is 4. The molecule has 4 nitrogen and oxygen atoms in total. The van der Waals surface area contributed by atoms with Crippen molar-refractivity contribution in [1.29, 1.82) is 0 Å². The van der Waals surface area contributed by atoms with Crippen molar-refractivity contribution >= 4 is 16.9 Å². The number of rotatable bonds is 4. The summed E-state index contributed by atoms with van der Waals surface area (Å²) in [5.41, 5.74) is 4.16. The van der Waals surface area contributed by atoms with Crippen LogP contribution in [0.1, 0.15) is 57.0 Å². The molecule has 27 heavy (non-hydrogen) atoms. The van der Waals surface area contributed by atoms with Gasteiger partial charge in [-0.1, -0.05) is 18.8 Å². The summed E-state index contributed by atoms with van der Waals surface area (Å²) in [6.45, 7) is 6.39. The van der Waals surface area contributed by atoms with Crippen LogP contribution in [0, 0.1) is 11.8 Å². The van der Waals surface area contributed by atoms with Gasteiger partial charge in [-0.3, -0.25) is 4.57 Å². The Morgan fingerprint density at radius 1 is 1.04 bits per heavy atom. The van der Waals surface area contributed by atoms with Crippen molar-refractivity contribution in [2.45, 2.75) is 45.6 Å². The first-order valence-corrected chi connectivity index (χ1v) is 10.00. The first-order chi connectivity index (χ1) is 13.3. The van der Waals surface area contributed by atoms with Gasteiger partial charge in [0.1, 0.15) is 5.52 Å². The van der Waals surface area contributed by atoms with Crippen LogP contribution in [0.4, 0.5) is 5.69 Å². The predicted molar refractivity (Wildman–Crippen MR) is 111 cm³/mol. The van der Waals surface area contributed by atoms with Crippen molar-refractivity contribution in [2.75, 3.05) is 18.0 Å². The number of anilines is 1. The molecule has 2 heterocycles. The summed E-state index contributed by atoms with van der Waals surface area (Å²) in [4.78, 5) is 11.7. The Bertz CT molecular complexity index is 965. The average molecular weight is 358 g/mol. The second-order valence-corrected chi connectivity index (χ2v) is 7.06. The van der Waals surface area contributed by atoms with E-state index in [4.69, 9.17) is 4.98 Å². The molecule has 0 unspecified atom stereocenters. The zero-order chi connectivity index (χ0) is 18.6. The fourth-order valence-electron chi connectivity index (χ4n) is 4.00. The molecule has 138 valence electrons. The van der Waals surface area contributed by atoms with E-state index in [1.807, 2.05) is 18.3 Å². The molecule has 2 aromatic heterocycles. The molecule has 4 rings (SSSR count). The third-order valence-corrected chi connectivity index (χ3v) is 5.45. The molecule has 1 aliphatic carbocycles. The van der Waals surface area contributed by atoms with E-state index in [1.54, 1.807) is 0 Å². The molecule has 0 spiro atoms. The van der Waals surface area contributed by atoms with Crippen molar-refractivity contribution in [3.8, 4) is 11.8 Å². The molecular weight excluding hydrogens is 332 g/mol. The van der Waals surface area contributed by atoms with Gasteiger partial charge >= 0.3 is 0 Å². The van der Waals surface area contributed by atoms with Gasteiger partial charge in [-0.25, -0.2) is 9.97 Å². The highest BCUT2D eigenvalue weighted by molar-refractivity contribution is 5.72. The SMILES string of the molecule is CCN(CC)c1ccc(C#Cc2nc3cccnc3n2C2CCCC2)cc1. The van der Waals surface area contributed by atoms with Crippen molar-refractivity contribution < 1.29 is 0 Å². The number of hydrogen-bond donors (Lipinski definition) is 0. The van der Waals surface area contributed by atoms with Gasteiger partial charge in [-0.2, -0.15) is 0 Å². The molecule has 3 aromatic rings. The van der Waals surface area contributed by atoms with Gasteiger partial charge in [-0.05, 0) is 69.0 Å². The van der Waals surface area contributed by atoms with Crippen molar-refractivity contribution in [3.63, 3.8) is 0 Å². The molecule has 0 aliphatic heterocycles. The summed E-state index contributed by atoms with van der Waals surface area (Å²) in [6.07, 6.45) is 6.77. The lowest BCUT2D eigenvalue weighted by atomic mass is 10.2. The van der Waals surface area contributed by atoms with Crippen LogP contribution in [-0.2, 0) is 0 Å². The number of fused-ring (bicyclic) bond motifs is 1. The van der Waals surface area contributed by atoms with Crippen LogP contribution < -0.4 is 4.90 Å². The maximum absolute atomic E-state index is 4.76. The van der Waals surface area contributed by atoms with Crippen LogP contribution in [0.3, 0.4) is 0 Å². The number of imidazole rings is 1. The number of benzene rings is 1. The Morgan fingerprint density at radius 3 is 2.48 bits per heavy atom. The van der Waals surface area contributed by atoms with E-state index in [-0.39, 0.29) is 0 Å². The van der Waals surface area contributed by atoms with Gasteiger partial charge in [0.2, 0.25) is 0 Å². The summed E-state index contributed by atoms with van der Waals surface area (Å²) < 4.78 is 2.26. The second-order valence-electron chi connectivity index (χ2n) is 7.06. The smallest absolute Gasteiger partial charge is 0.188 e. The molecule has 4 heteroatoms. The second kappa shape index (κ2) is 7.84. The maximum Gasteiger partial charge on any atom is 0.188 e. The summed E-state index contributed by atoms with van der Waals surface area (Å²) in [5, 5.41) is 0. The van der Waals surface area contributed by atoms with Crippen LogP contribution in [0.25, 0.3) is 11.2 Å². The third-order valence-electron chi connectivity index (χ3n) is 5.45. The fourth-order valence-corrected chi connectivity index (χ4v) is 4.00. The predicted octanol–water partition coefficient (Wildman–Crippen LogP) is 4.79. The number of hydrogen-bond acceptors (Lipinski definition) is 3. The highest BCUT2D eigenvalue weighted by atomic mass is 15.1. The van der Waals surface area contributed by atoms with Crippen molar-refractivity contribution in [3.05, 3.63) is 54.0 Å². The van der Waals surface area contributed by atoms with Crippen molar-refractivity contribution in [1.82, 2.24) is 14.5 Å². The number of pyridine rings is 1. The van der Waals surface area contributed by atoms with Crippen LogP contribution >= 0.6 is 0 Å². The summed E-state index contributed by atoms with van der Waals surface area (Å²) in [6, 6.07) is 12.9. The molecule has 1 aliphatic rings. The molecule has 0 amide bonds. The molecule has 1 aromatic carbocycles. The Kier molecular flexibility index (Phi) is 5.11. The Labute approximate surface area is 161 Å². The van der Waals surface area contributed by atoms with Crippen LogP contribution in [0.15, 0.2) is 42.6 Å². The normalized spacial score (nSPS) is 14.3. The third kappa shape index (κ3) is 3.55. The molecule has 0 radical (unpaired) electrons. The van der Waals surface area contributed by atoms with Gasteiger partial charge in [0.15, 0.2) is 11.5 Å².